The van der Waals surface area contributed by atoms with Crippen LogP contribution in [-0.4, -0.2) is 25.7 Å². The Labute approximate surface area is 153 Å². The molecule has 0 aliphatic carbocycles. The third kappa shape index (κ3) is 4.35. The van der Waals surface area contributed by atoms with E-state index in [2.05, 4.69) is 25.7 Å². The summed E-state index contributed by atoms with van der Waals surface area (Å²) < 4.78 is 28.8. The van der Waals surface area contributed by atoms with Crippen molar-refractivity contribution in [3.8, 4) is 0 Å². The molecule has 2 aromatic heterocycles. The molecule has 0 spiro atoms. The van der Waals surface area contributed by atoms with E-state index in [0.717, 1.165) is 18.2 Å². The van der Waals surface area contributed by atoms with Crippen LogP contribution in [-0.2, 0) is 13.1 Å². The zero-order valence-corrected chi connectivity index (χ0v) is 14.4. The van der Waals surface area contributed by atoms with Gasteiger partial charge in [0.1, 0.15) is 17.5 Å². The number of nitrogens with one attached hydrogen (secondary N) is 2. The Hall–Kier alpha value is -3.56. The number of aromatic nitrogens is 4. The first-order valence-corrected chi connectivity index (χ1v) is 8.10. The van der Waals surface area contributed by atoms with Crippen molar-refractivity contribution >= 4 is 23.4 Å². The summed E-state index contributed by atoms with van der Waals surface area (Å²) >= 11 is 0. The Morgan fingerprint density at radius 1 is 1.30 bits per heavy atom. The van der Waals surface area contributed by atoms with Gasteiger partial charge in [-0.25, -0.2) is 13.8 Å². The zero-order chi connectivity index (χ0) is 19.4. The number of aryl methyl sites for hydroxylation is 1. The first-order chi connectivity index (χ1) is 13.0. The Morgan fingerprint density at radius 3 is 2.81 bits per heavy atom. The summed E-state index contributed by atoms with van der Waals surface area (Å²) in [6, 6.07) is 3.11. The van der Waals surface area contributed by atoms with Gasteiger partial charge in [0.2, 0.25) is 5.95 Å². The monoisotopic (exact) mass is 373 g/mol. The van der Waals surface area contributed by atoms with E-state index in [1.807, 2.05) is 6.92 Å². The summed E-state index contributed by atoms with van der Waals surface area (Å²) in [6.45, 7) is 2.56. The van der Waals surface area contributed by atoms with Crippen LogP contribution in [0.15, 0.2) is 36.8 Å². The Bertz CT molecular complexity index is 974. The van der Waals surface area contributed by atoms with Gasteiger partial charge >= 0.3 is 0 Å². The van der Waals surface area contributed by atoms with Crippen LogP contribution in [0.25, 0.3) is 0 Å². The quantitative estimate of drug-likeness (QED) is 0.587. The van der Waals surface area contributed by atoms with Crippen LogP contribution in [0.4, 0.5) is 26.2 Å². The van der Waals surface area contributed by atoms with Gasteiger partial charge in [0.15, 0.2) is 0 Å². The number of benzene rings is 1. The summed E-state index contributed by atoms with van der Waals surface area (Å²) in [5.41, 5.74) is 6.11. The summed E-state index contributed by atoms with van der Waals surface area (Å²) in [4.78, 5) is 19.8. The SMILES string of the molecule is CCn1cc(Nc2ncc(C(N)=O)c(NCc3cc(F)ccc3F)n2)cn1. The molecule has 3 rings (SSSR count). The Kier molecular flexibility index (Phi) is 5.25. The van der Waals surface area contributed by atoms with E-state index in [4.69, 9.17) is 5.73 Å². The van der Waals surface area contributed by atoms with E-state index >= 15 is 0 Å². The van der Waals surface area contributed by atoms with Gasteiger partial charge < -0.3 is 16.4 Å². The molecule has 0 fully saturated rings. The second-order valence-corrected chi connectivity index (χ2v) is 5.62. The lowest BCUT2D eigenvalue weighted by atomic mass is 10.2. The average molecular weight is 373 g/mol. The minimum atomic E-state index is -0.748. The summed E-state index contributed by atoms with van der Waals surface area (Å²) in [5, 5.41) is 9.88. The van der Waals surface area contributed by atoms with Crippen LogP contribution in [0.1, 0.15) is 22.8 Å². The number of amides is 1. The molecule has 0 aliphatic rings. The summed E-state index contributed by atoms with van der Waals surface area (Å²) in [6.07, 6.45) is 4.62. The molecule has 0 aliphatic heterocycles. The lowest BCUT2D eigenvalue weighted by Crippen LogP contribution is -2.17. The van der Waals surface area contributed by atoms with Crippen molar-refractivity contribution in [3.63, 3.8) is 0 Å². The number of hydrogen-bond acceptors (Lipinski definition) is 6. The fourth-order valence-electron chi connectivity index (χ4n) is 2.35. The maximum absolute atomic E-state index is 13.8. The van der Waals surface area contributed by atoms with Crippen molar-refractivity contribution in [3.05, 3.63) is 59.6 Å². The number of nitrogens with zero attached hydrogens (tertiary/aromatic N) is 4. The van der Waals surface area contributed by atoms with Gasteiger partial charge in [0.05, 0.1) is 17.4 Å². The van der Waals surface area contributed by atoms with Crippen molar-refractivity contribution < 1.29 is 13.6 Å². The third-order valence-corrected chi connectivity index (χ3v) is 3.72. The number of hydrogen-bond donors (Lipinski definition) is 3. The van der Waals surface area contributed by atoms with E-state index in [1.165, 1.54) is 6.20 Å². The van der Waals surface area contributed by atoms with Gasteiger partial charge in [-0.05, 0) is 25.1 Å². The molecule has 27 heavy (non-hydrogen) atoms. The molecule has 0 unspecified atom stereocenters. The number of nitrogens with two attached hydrogens (primary N) is 1. The van der Waals surface area contributed by atoms with E-state index in [0.29, 0.717) is 12.2 Å². The van der Waals surface area contributed by atoms with Gasteiger partial charge in [0, 0.05) is 31.0 Å². The van der Waals surface area contributed by atoms with E-state index in [-0.39, 0.29) is 29.4 Å². The fourth-order valence-corrected chi connectivity index (χ4v) is 2.35. The first-order valence-electron chi connectivity index (χ1n) is 8.10. The smallest absolute Gasteiger partial charge is 0.254 e. The standard InChI is InChI=1S/C17H17F2N7O/c1-2-26-9-12(7-23-26)24-17-22-8-13(15(20)27)16(25-17)21-6-10-5-11(18)3-4-14(10)19/h3-5,7-9H,2,6H2,1H3,(H2,20,27)(H2,21,22,24,25). The lowest BCUT2D eigenvalue weighted by molar-refractivity contribution is 0.100. The largest absolute Gasteiger partial charge is 0.365 e. The number of carbonyl (C=O) groups excluding carboxylic acids is 1. The molecule has 0 bridgehead atoms. The fraction of sp³-hybridized carbons (Fsp3) is 0.176. The molecule has 8 nitrogen and oxygen atoms in total. The van der Waals surface area contributed by atoms with Crippen molar-refractivity contribution in [1.82, 2.24) is 19.7 Å². The van der Waals surface area contributed by atoms with Gasteiger partial charge in [-0.15, -0.1) is 0 Å². The molecule has 140 valence electrons. The molecule has 10 heteroatoms. The number of primary amides is 1. The summed E-state index contributed by atoms with van der Waals surface area (Å²) in [5.74, 6) is -1.60. The topological polar surface area (TPSA) is 111 Å². The predicted octanol–water partition coefficient (Wildman–Crippen LogP) is 2.43. The second-order valence-electron chi connectivity index (χ2n) is 5.62. The highest BCUT2D eigenvalue weighted by molar-refractivity contribution is 5.97. The molecular formula is C17H17F2N7O. The Balaban J connectivity index is 1.83. The molecule has 1 amide bonds. The second kappa shape index (κ2) is 7.77. The zero-order valence-electron chi connectivity index (χ0n) is 14.4. The highest BCUT2D eigenvalue weighted by Crippen LogP contribution is 2.19. The lowest BCUT2D eigenvalue weighted by Gasteiger charge is -2.11. The molecule has 0 radical (unpaired) electrons. The van der Waals surface area contributed by atoms with E-state index in [9.17, 15) is 13.6 Å². The maximum atomic E-state index is 13.8. The van der Waals surface area contributed by atoms with Crippen LogP contribution < -0.4 is 16.4 Å². The number of halogens is 2. The molecular weight excluding hydrogens is 356 g/mol. The molecule has 2 heterocycles. The average Bonchev–Trinajstić information content (AvgIpc) is 3.10. The molecule has 0 saturated carbocycles. The highest BCUT2D eigenvalue weighted by Gasteiger charge is 2.14. The molecule has 1 aromatic carbocycles. The van der Waals surface area contributed by atoms with Crippen LogP contribution in [0.5, 0.6) is 0 Å². The van der Waals surface area contributed by atoms with Crippen LogP contribution in [0.2, 0.25) is 0 Å². The molecule has 0 atom stereocenters. The van der Waals surface area contributed by atoms with Gasteiger partial charge in [-0.1, -0.05) is 0 Å². The van der Waals surface area contributed by atoms with Crippen molar-refractivity contribution in [2.75, 3.05) is 10.6 Å². The normalized spacial score (nSPS) is 10.6. The highest BCUT2D eigenvalue weighted by atomic mass is 19.1. The summed E-state index contributed by atoms with van der Waals surface area (Å²) in [7, 11) is 0. The van der Waals surface area contributed by atoms with Crippen molar-refractivity contribution in [2.24, 2.45) is 5.73 Å². The van der Waals surface area contributed by atoms with Gasteiger partial charge in [-0.2, -0.15) is 10.1 Å². The number of rotatable bonds is 7. The first kappa shape index (κ1) is 18.2. The number of carbonyl (C=O) groups is 1. The van der Waals surface area contributed by atoms with Crippen molar-refractivity contribution in [2.45, 2.75) is 20.0 Å². The van der Waals surface area contributed by atoms with Gasteiger partial charge in [-0.3, -0.25) is 9.48 Å². The van der Waals surface area contributed by atoms with E-state index < -0.39 is 17.5 Å². The van der Waals surface area contributed by atoms with Crippen molar-refractivity contribution in [1.29, 1.82) is 0 Å². The van der Waals surface area contributed by atoms with Crippen LogP contribution in [0.3, 0.4) is 0 Å². The Morgan fingerprint density at radius 2 is 2.11 bits per heavy atom. The molecule has 3 aromatic rings. The molecule has 0 saturated heterocycles. The minimum Gasteiger partial charge on any atom is -0.365 e. The minimum absolute atomic E-state index is 0.0293. The van der Waals surface area contributed by atoms with E-state index in [1.54, 1.807) is 17.1 Å². The third-order valence-electron chi connectivity index (χ3n) is 3.72. The van der Waals surface area contributed by atoms with Crippen LogP contribution >= 0.6 is 0 Å². The maximum Gasteiger partial charge on any atom is 0.254 e. The van der Waals surface area contributed by atoms with Gasteiger partial charge in [0.25, 0.3) is 5.91 Å². The molecule has 4 N–H and O–H groups in total. The van der Waals surface area contributed by atoms with Crippen LogP contribution in [0, 0.1) is 11.6 Å². The predicted molar refractivity (Wildman–Crippen MR) is 95.4 cm³/mol. The number of anilines is 3.